The quantitative estimate of drug-likeness (QED) is 0.556. The molecule has 0 unspecified atom stereocenters. The molecule has 3 heteroatoms. The number of hydrogen-bond donors (Lipinski definition) is 0. The summed E-state index contributed by atoms with van der Waals surface area (Å²) in [4.78, 5) is 0. The molecule has 0 amide bonds. The fourth-order valence-electron chi connectivity index (χ4n) is 2.37. The van der Waals surface area contributed by atoms with E-state index in [9.17, 15) is 0 Å². The zero-order valence-electron chi connectivity index (χ0n) is 13.9. The zero-order chi connectivity index (χ0) is 16.5. The van der Waals surface area contributed by atoms with E-state index < -0.39 is 0 Å². The molecular weight excluding hydrogens is 290 g/mol. The lowest BCUT2D eigenvalue weighted by atomic mass is 9.55. The van der Waals surface area contributed by atoms with Crippen molar-refractivity contribution in [3.63, 3.8) is 0 Å². The van der Waals surface area contributed by atoms with Crippen molar-refractivity contribution in [1.82, 2.24) is 0 Å². The lowest BCUT2D eigenvalue weighted by Crippen LogP contribution is -2.42. The number of hydrogen-bond acceptors (Lipinski definition) is 1. The first kappa shape index (κ1) is 18.5. The zero-order valence-corrected chi connectivity index (χ0v) is 14.7. The third-order valence-electron chi connectivity index (χ3n) is 3.26. The topological polar surface area (TPSA) is 9.23 Å². The average Bonchev–Trinajstić information content (AvgIpc) is 2.94. The fraction of sp³-hybridized carbons (Fsp3) is 0.263. The van der Waals surface area contributed by atoms with E-state index in [4.69, 9.17) is 16.3 Å². The monoisotopic (exact) mass is 314 g/mol. The van der Waals surface area contributed by atoms with Crippen LogP contribution in [0, 0.1) is 6.92 Å². The Balaban J connectivity index is 0.000000435. The predicted octanol–water partition coefficient (Wildman–Crippen LogP) is 4.50. The van der Waals surface area contributed by atoms with Gasteiger partial charge in [0.05, 0.1) is 6.61 Å². The Morgan fingerprint density at radius 2 is 1.77 bits per heavy atom. The highest BCUT2D eigenvalue weighted by atomic mass is 35.5. The standard InChI is InChI=1S/C14H12BClO.C3H6.C2H6/c1-10-8-12(16)6-7-13(10)15-14-5-3-2-4-11(14)9-17-15;1-3-2;1-2/h2-8H,9H2,1H3;3H,1H2,2H3;1-2H3. The lowest BCUT2D eigenvalue weighted by Gasteiger charge is -2.10. The molecule has 0 saturated carbocycles. The summed E-state index contributed by atoms with van der Waals surface area (Å²) in [6.45, 7) is 12.1. The summed E-state index contributed by atoms with van der Waals surface area (Å²) in [6, 6.07) is 14.4. The molecule has 0 bridgehead atoms. The molecule has 0 fully saturated rings. The number of benzene rings is 2. The van der Waals surface area contributed by atoms with Gasteiger partial charge in [-0.3, -0.25) is 0 Å². The van der Waals surface area contributed by atoms with Crippen molar-refractivity contribution >= 4 is 29.4 Å². The first-order valence-electron chi connectivity index (χ1n) is 7.70. The van der Waals surface area contributed by atoms with Crippen LogP contribution >= 0.6 is 11.6 Å². The molecule has 0 N–H and O–H groups in total. The minimum atomic E-state index is 0.0588. The average molecular weight is 315 g/mol. The van der Waals surface area contributed by atoms with E-state index in [2.05, 4.69) is 43.8 Å². The summed E-state index contributed by atoms with van der Waals surface area (Å²) in [5.41, 5.74) is 4.95. The van der Waals surface area contributed by atoms with E-state index in [0.717, 1.165) is 5.02 Å². The van der Waals surface area contributed by atoms with Crippen molar-refractivity contribution in [2.24, 2.45) is 0 Å². The lowest BCUT2D eigenvalue weighted by molar-refractivity contribution is 0.337. The third kappa shape index (κ3) is 4.49. The van der Waals surface area contributed by atoms with Crippen LogP contribution in [0.2, 0.25) is 5.02 Å². The van der Waals surface area contributed by atoms with Crippen molar-refractivity contribution in [3.8, 4) is 0 Å². The van der Waals surface area contributed by atoms with Gasteiger partial charge in [0.1, 0.15) is 0 Å². The van der Waals surface area contributed by atoms with Gasteiger partial charge in [0.25, 0.3) is 0 Å². The second-order valence-corrected chi connectivity index (χ2v) is 5.24. The van der Waals surface area contributed by atoms with E-state index in [-0.39, 0.29) is 6.92 Å². The van der Waals surface area contributed by atoms with Crippen LogP contribution in [0.4, 0.5) is 0 Å². The van der Waals surface area contributed by atoms with Gasteiger partial charge in [-0.05, 0) is 42.5 Å². The van der Waals surface area contributed by atoms with Crippen LogP contribution < -0.4 is 10.9 Å². The van der Waals surface area contributed by atoms with E-state index in [1.165, 1.54) is 22.1 Å². The van der Waals surface area contributed by atoms with Gasteiger partial charge in [0.15, 0.2) is 0 Å². The SMILES string of the molecule is C=CC.CC.Cc1cc(Cl)ccc1B1OCc2ccccc21. The molecule has 116 valence electrons. The first-order chi connectivity index (χ1) is 10.7. The highest BCUT2D eigenvalue weighted by Gasteiger charge is 2.30. The smallest absolute Gasteiger partial charge is 0.362 e. The van der Waals surface area contributed by atoms with E-state index in [1.807, 2.05) is 32.9 Å². The maximum atomic E-state index is 5.98. The number of aryl methyl sites for hydroxylation is 1. The highest BCUT2D eigenvalue weighted by molar-refractivity contribution is 6.81. The summed E-state index contributed by atoms with van der Waals surface area (Å²) in [5, 5.41) is 0.775. The number of fused-ring (bicyclic) bond motifs is 1. The van der Waals surface area contributed by atoms with Crippen LogP contribution in [-0.4, -0.2) is 6.92 Å². The third-order valence-corrected chi connectivity index (χ3v) is 3.49. The maximum absolute atomic E-state index is 5.98. The maximum Gasteiger partial charge on any atom is 0.362 e. The Bertz CT molecular complexity index is 610. The van der Waals surface area contributed by atoms with Gasteiger partial charge in [-0.15, -0.1) is 6.58 Å². The van der Waals surface area contributed by atoms with Crippen LogP contribution in [0.3, 0.4) is 0 Å². The molecule has 0 radical (unpaired) electrons. The molecule has 2 aromatic rings. The van der Waals surface area contributed by atoms with Gasteiger partial charge in [0, 0.05) is 5.02 Å². The second-order valence-electron chi connectivity index (χ2n) is 4.80. The molecular formula is C19H24BClO. The van der Waals surface area contributed by atoms with Crippen molar-refractivity contribution in [1.29, 1.82) is 0 Å². The fourth-order valence-corrected chi connectivity index (χ4v) is 2.60. The summed E-state index contributed by atoms with van der Waals surface area (Å²) >= 11 is 5.98. The normalized spacial score (nSPS) is 11.6. The molecule has 1 heterocycles. The summed E-state index contributed by atoms with van der Waals surface area (Å²) in [7, 11) is 0. The molecule has 1 aliphatic rings. The molecule has 3 rings (SSSR count). The van der Waals surface area contributed by atoms with E-state index in [0.29, 0.717) is 6.61 Å². The number of halogens is 1. The Morgan fingerprint density at radius 3 is 2.41 bits per heavy atom. The van der Waals surface area contributed by atoms with Gasteiger partial charge < -0.3 is 4.65 Å². The van der Waals surface area contributed by atoms with Gasteiger partial charge in [-0.1, -0.05) is 67.4 Å². The number of rotatable bonds is 1. The second kappa shape index (κ2) is 9.50. The summed E-state index contributed by atoms with van der Waals surface area (Å²) in [6.07, 6.45) is 1.75. The molecule has 2 aromatic carbocycles. The van der Waals surface area contributed by atoms with Crippen molar-refractivity contribution < 1.29 is 4.65 Å². The van der Waals surface area contributed by atoms with Gasteiger partial charge in [0.2, 0.25) is 0 Å². The van der Waals surface area contributed by atoms with Gasteiger partial charge >= 0.3 is 6.92 Å². The molecule has 0 aliphatic carbocycles. The minimum Gasteiger partial charge on any atom is -0.423 e. The van der Waals surface area contributed by atoms with Crippen LogP contribution in [0.25, 0.3) is 0 Å². The minimum absolute atomic E-state index is 0.0588. The molecule has 0 atom stereocenters. The van der Waals surface area contributed by atoms with Crippen molar-refractivity contribution in [2.75, 3.05) is 0 Å². The highest BCUT2D eigenvalue weighted by Crippen LogP contribution is 2.14. The Morgan fingerprint density at radius 1 is 1.14 bits per heavy atom. The molecule has 0 aromatic heterocycles. The van der Waals surface area contributed by atoms with Crippen molar-refractivity contribution in [3.05, 3.63) is 71.3 Å². The molecule has 1 nitrogen and oxygen atoms in total. The van der Waals surface area contributed by atoms with E-state index in [1.54, 1.807) is 6.08 Å². The van der Waals surface area contributed by atoms with Crippen LogP contribution in [-0.2, 0) is 11.3 Å². The van der Waals surface area contributed by atoms with Gasteiger partial charge in [-0.25, -0.2) is 0 Å². The first-order valence-corrected chi connectivity index (χ1v) is 8.07. The Hall–Kier alpha value is -1.51. The number of allylic oxidation sites excluding steroid dienone is 1. The molecule has 22 heavy (non-hydrogen) atoms. The van der Waals surface area contributed by atoms with Gasteiger partial charge in [-0.2, -0.15) is 0 Å². The van der Waals surface area contributed by atoms with Crippen LogP contribution in [0.15, 0.2) is 55.1 Å². The predicted molar refractivity (Wildman–Crippen MR) is 99.7 cm³/mol. The molecule has 0 saturated heterocycles. The molecule has 0 spiro atoms. The van der Waals surface area contributed by atoms with E-state index >= 15 is 0 Å². The van der Waals surface area contributed by atoms with Crippen molar-refractivity contribution in [2.45, 2.75) is 34.3 Å². The Labute approximate surface area is 140 Å². The molecule has 1 aliphatic heterocycles. The van der Waals surface area contributed by atoms with Crippen LogP contribution in [0.5, 0.6) is 0 Å². The largest absolute Gasteiger partial charge is 0.423 e. The summed E-state index contributed by atoms with van der Waals surface area (Å²) in [5.74, 6) is 0. The van der Waals surface area contributed by atoms with Crippen LogP contribution in [0.1, 0.15) is 31.9 Å². The summed E-state index contributed by atoms with van der Waals surface area (Å²) < 4.78 is 5.89. The Kier molecular flexibility index (Phi) is 8.01.